The smallest absolute Gasteiger partial charge is 0.293 e. The monoisotopic (exact) mass is 418 g/mol. The second-order valence-corrected chi connectivity index (χ2v) is 9.08. The molecule has 0 aromatic heterocycles. The number of ether oxygens (including phenoxy) is 2. The summed E-state index contributed by atoms with van der Waals surface area (Å²) in [7, 11) is 1.63. The first kappa shape index (κ1) is 24.2. The van der Waals surface area contributed by atoms with Gasteiger partial charge in [-0.15, -0.1) is 0 Å². The molecule has 1 aliphatic rings. The number of nitrogens with one attached hydrogen (secondary N) is 1. The molecular formula is C23H38N4O3. The molecular weight excluding hydrogens is 380 g/mol. The number of aliphatic hydroxyl groups is 1. The zero-order valence-electron chi connectivity index (χ0n) is 19.1. The van der Waals surface area contributed by atoms with Gasteiger partial charge in [-0.2, -0.15) is 4.99 Å². The third-order valence-corrected chi connectivity index (χ3v) is 5.57. The van der Waals surface area contributed by atoms with E-state index in [0.717, 1.165) is 55.6 Å². The minimum Gasteiger partial charge on any atom is -0.494 e. The number of aliphatic hydroxyl groups excluding tert-OH is 1. The molecule has 30 heavy (non-hydrogen) atoms. The van der Waals surface area contributed by atoms with E-state index in [0.29, 0.717) is 24.4 Å². The first-order valence-corrected chi connectivity index (χ1v) is 10.8. The lowest BCUT2D eigenvalue weighted by molar-refractivity contribution is 0.185. The minimum absolute atomic E-state index is 0.287. The van der Waals surface area contributed by atoms with Crippen LogP contribution in [-0.2, 0) is 4.74 Å². The molecule has 0 bridgehead atoms. The fraction of sp³-hybridized carbons (Fsp3) is 0.652. The zero-order valence-corrected chi connectivity index (χ0v) is 19.1. The summed E-state index contributed by atoms with van der Waals surface area (Å²) in [4.78, 5) is 6.55. The Bertz CT molecular complexity index is 732. The van der Waals surface area contributed by atoms with Crippen LogP contribution in [0.25, 0.3) is 0 Å². The van der Waals surface area contributed by atoms with Crippen LogP contribution in [0.15, 0.2) is 23.2 Å². The standard InChI is InChI=1S/C23H38N4O3/c1-16-15-18(8-9-19(16)20(24)28)30-14-6-7-17-10-12-27(13-11-17)22(29-5)26-21(25)23(2,3)4/h8-9,15,17,20,25,28H,6-7,10-14,24H2,1-5H3/b25-21?,26-22-. The van der Waals surface area contributed by atoms with E-state index in [1.54, 1.807) is 7.11 Å². The van der Waals surface area contributed by atoms with E-state index in [4.69, 9.17) is 20.6 Å². The summed E-state index contributed by atoms with van der Waals surface area (Å²) < 4.78 is 11.3. The van der Waals surface area contributed by atoms with E-state index in [2.05, 4.69) is 9.89 Å². The molecule has 0 spiro atoms. The SMILES string of the molecule is CO/C(=N\C(=N)C(C)(C)C)N1CCC(CCCOc2ccc(C(N)O)c(C)c2)CC1. The molecule has 1 unspecified atom stereocenters. The maximum Gasteiger partial charge on any atom is 0.293 e. The van der Waals surface area contributed by atoms with Crippen molar-refractivity contribution in [1.29, 1.82) is 5.41 Å². The average Bonchev–Trinajstić information content (AvgIpc) is 2.69. The molecule has 1 fully saturated rings. The van der Waals surface area contributed by atoms with E-state index in [1.807, 2.05) is 45.9 Å². The molecule has 4 N–H and O–H groups in total. The van der Waals surface area contributed by atoms with Crippen LogP contribution >= 0.6 is 0 Å². The minimum atomic E-state index is -0.951. The summed E-state index contributed by atoms with van der Waals surface area (Å²) in [6, 6.07) is 6.15. The quantitative estimate of drug-likeness (QED) is 0.282. The molecule has 1 saturated heterocycles. The molecule has 0 saturated carbocycles. The second kappa shape index (κ2) is 10.8. The van der Waals surface area contributed by atoms with E-state index < -0.39 is 6.23 Å². The van der Waals surface area contributed by atoms with Crippen LogP contribution in [0.3, 0.4) is 0 Å². The Morgan fingerprint density at radius 3 is 2.53 bits per heavy atom. The number of aliphatic imine (C=N–C) groups is 1. The molecule has 1 atom stereocenters. The Labute approximate surface area is 180 Å². The molecule has 1 aromatic rings. The molecule has 2 rings (SSSR count). The van der Waals surface area contributed by atoms with Gasteiger partial charge in [0.25, 0.3) is 6.02 Å². The number of piperidine rings is 1. The molecule has 0 radical (unpaired) electrons. The molecule has 1 aromatic carbocycles. The van der Waals surface area contributed by atoms with Gasteiger partial charge >= 0.3 is 0 Å². The van der Waals surface area contributed by atoms with Gasteiger partial charge in [-0.05, 0) is 61.8 Å². The highest BCUT2D eigenvalue weighted by atomic mass is 16.5. The third kappa shape index (κ3) is 6.99. The van der Waals surface area contributed by atoms with E-state index in [9.17, 15) is 5.11 Å². The number of nitrogens with two attached hydrogens (primary N) is 1. The van der Waals surface area contributed by atoms with Crippen LogP contribution in [0.4, 0.5) is 0 Å². The van der Waals surface area contributed by atoms with Crippen molar-refractivity contribution in [3.8, 4) is 5.75 Å². The van der Waals surface area contributed by atoms with Gasteiger partial charge < -0.3 is 25.2 Å². The predicted octanol–water partition coefficient (Wildman–Crippen LogP) is 3.84. The van der Waals surface area contributed by atoms with Crippen LogP contribution in [0.1, 0.15) is 63.8 Å². The molecule has 0 aliphatic carbocycles. The van der Waals surface area contributed by atoms with Crippen molar-refractivity contribution in [2.75, 3.05) is 26.8 Å². The molecule has 7 nitrogen and oxygen atoms in total. The van der Waals surface area contributed by atoms with Crippen LogP contribution in [0, 0.1) is 23.7 Å². The normalized spacial score (nSPS) is 17.0. The molecule has 1 aliphatic heterocycles. The summed E-state index contributed by atoms with van der Waals surface area (Å²) in [6.07, 6.45) is 3.36. The first-order chi connectivity index (χ1) is 14.1. The van der Waals surface area contributed by atoms with Crippen molar-refractivity contribution in [3.63, 3.8) is 0 Å². The van der Waals surface area contributed by atoms with Gasteiger partial charge in [0.15, 0.2) is 0 Å². The van der Waals surface area contributed by atoms with Gasteiger partial charge in [0.05, 0.1) is 13.7 Å². The van der Waals surface area contributed by atoms with E-state index in [-0.39, 0.29) is 5.41 Å². The molecule has 168 valence electrons. The van der Waals surface area contributed by atoms with Crippen molar-refractivity contribution in [2.24, 2.45) is 22.1 Å². The summed E-state index contributed by atoms with van der Waals surface area (Å²) in [5, 5.41) is 17.6. The van der Waals surface area contributed by atoms with Crippen LogP contribution in [0.2, 0.25) is 0 Å². The highest BCUT2D eigenvalue weighted by molar-refractivity contribution is 5.94. The maximum atomic E-state index is 9.51. The largest absolute Gasteiger partial charge is 0.494 e. The van der Waals surface area contributed by atoms with E-state index >= 15 is 0 Å². The number of hydrogen-bond acceptors (Lipinski definition) is 5. The van der Waals surface area contributed by atoms with Gasteiger partial charge in [-0.1, -0.05) is 26.8 Å². The van der Waals surface area contributed by atoms with Crippen molar-refractivity contribution in [2.45, 2.75) is 59.6 Å². The Morgan fingerprint density at radius 2 is 2.00 bits per heavy atom. The van der Waals surface area contributed by atoms with E-state index in [1.165, 1.54) is 0 Å². The predicted molar refractivity (Wildman–Crippen MR) is 121 cm³/mol. The number of aryl methyl sites for hydroxylation is 1. The second-order valence-electron chi connectivity index (χ2n) is 9.08. The zero-order chi connectivity index (χ0) is 22.3. The van der Waals surface area contributed by atoms with Crippen LogP contribution in [-0.4, -0.2) is 48.7 Å². The van der Waals surface area contributed by atoms with Gasteiger partial charge in [-0.25, -0.2) is 0 Å². The Hall–Kier alpha value is -2.12. The number of hydrogen-bond donors (Lipinski definition) is 3. The number of benzene rings is 1. The Balaban J connectivity index is 1.74. The van der Waals surface area contributed by atoms with Gasteiger partial charge in [0.1, 0.15) is 17.8 Å². The Kier molecular flexibility index (Phi) is 8.67. The summed E-state index contributed by atoms with van der Waals surface area (Å²) in [5.41, 5.74) is 6.91. The number of rotatable bonds is 6. The third-order valence-electron chi connectivity index (χ3n) is 5.57. The van der Waals surface area contributed by atoms with Crippen molar-refractivity contribution >= 4 is 11.9 Å². The lowest BCUT2D eigenvalue weighted by atomic mass is 9.92. The number of amidine groups is 2. The summed E-state index contributed by atoms with van der Waals surface area (Å²) in [5.74, 6) is 1.82. The van der Waals surface area contributed by atoms with Gasteiger partial charge in [0, 0.05) is 18.5 Å². The van der Waals surface area contributed by atoms with Crippen LogP contribution in [0.5, 0.6) is 5.75 Å². The van der Waals surface area contributed by atoms with Gasteiger partial charge in [-0.3, -0.25) is 5.41 Å². The highest BCUT2D eigenvalue weighted by Crippen LogP contribution is 2.24. The summed E-state index contributed by atoms with van der Waals surface area (Å²) in [6.45, 7) is 10.4. The maximum absolute atomic E-state index is 9.51. The van der Waals surface area contributed by atoms with Crippen molar-refractivity contribution in [3.05, 3.63) is 29.3 Å². The fourth-order valence-electron chi connectivity index (χ4n) is 3.55. The number of nitrogens with zero attached hydrogens (tertiary/aromatic N) is 2. The van der Waals surface area contributed by atoms with Crippen molar-refractivity contribution < 1.29 is 14.6 Å². The summed E-state index contributed by atoms with van der Waals surface area (Å²) >= 11 is 0. The van der Waals surface area contributed by atoms with Crippen LogP contribution < -0.4 is 10.5 Å². The number of methoxy groups -OCH3 is 1. The average molecular weight is 419 g/mol. The highest BCUT2D eigenvalue weighted by Gasteiger charge is 2.24. The first-order valence-electron chi connectivity index (χ1n) is 10.8. The van der Waals surface area contributed by atoms with Crippen molar-refractivity contribution in [1.82, 2.24) is 4.90 Å². The number of likely N-dealkylation sites (tertiary alicyclic amines) is 1. The lowest BCUT2D eigenvalue weighted by Crippen LogP contribution is -2.40. The molecule has 1 heterocycles. The topological polar surface area (TPSA) is 104 Å². The lowest BCUT2D eigenvalue weighted by Gasteiger charge is -2.33. The molecule has 7 heteroatoms. The van der Waals surface area contributed by atoms with Gasteiger partial charge in [0.2, 0.25) is 0 Å². The molecule has 0 amide bonds. The Morgan fingerprint density at radius 1 is 1.33 bits per heavy atom. The fourth-order valence-corrected chi connectivity index (χ4v) is 3.55.